The monoisotopic (exact) mass is 349 g/mol. The first-order valence-electron chi connectivity index (χ1n) is 8.04. The van der Waals surface area contributed by atoms with Crippen LogP contribution in [0, 0.1) is 4.77 Å². The molecule has 1 saturated heterocycles. The number of hydrogen-bond acceptors (Lipinski definition) is 6. The zero-order valence-electron chi connectivity index (χ0n) is 13.4. The molecule has 2 aromatic rings. The molecule has 0 bridgehead atoms. The van der Waals surface area contributed by atoms with E-state index >= 15 is 0 Å². The summed E-state index contributed by atoms with van der Waals surface area (Å²) in [5.41, 5.74) is 0. The fourth-order valence-corrected chi connectivity index (χ4v) is 3.23. The van der Waals surface area contributed by atoms with Crippen LogP contribution in [-0.2, 0) is 11.3 Å². The molecule has 24 heavy (non-hydrogen) atoms. The maximum atomic E-state index is 6.02. The largest absolute Gasteiger partial charge is 0.483 e. The van der Waals surface area contributed by atoms with E-state index in [0.29, 0.717) is 22.8 Å². The number of rotatable bonds is 5. The normalized spacial score (nSPS) is 20.3. The van der Waals surface area contributed by atoms with Gasteiger partial charge in [0, 0.05) is 12.7 Å². The summed E-state index contributed by atoms with van der Waals surface area (Å²) < 4.78 is 25.0. The predicted molar refractivity (Wildman–Crippen MR) is 88.0 cm³/mol. The highest BCUT2D eigenvalue weighted by Crippen LogP contribution is 2.36. The molecular weight excluding hydrogens is 330 g/mol. The SMILES string of the molecule is CC(Oc1ccc2c(c1)OCO2)c1n[nH]c(=S)n1CC1CCCO1. The first-order valence-corrected chi connectivity index (χ1v) is 8.44. The van der Waals surface area contributed by atoms with Gasteiger partial charge in [0.25, 0.3) is 0 Å². The van der Waals surface area contributed by atoms with Crippen molar-refractivity contribution < 1.29 is 18.9 Å². The Hall–Kier alpha value is -2.06. The molecule has 4 rings (SSSR count). The summed E-state index contributed by atoms with van der Waals surface area (Å²) in [5, 5.41) is 7.19. The molecule has 2 aliphatic heterocycles. The van der Waals surface area contributed by atoms with Crippen LogP contribution in [0.4, 0.5) is 0 Å². The van der Waals surface area contributed by atoms with Gasteiger partial charge in [-0.15, -0.1) is 0 Å². The number of hydrogen-bond donors (Lipinski definition) is 1. The average molecular weight is 349 g/mol. The van der Waals surface area contributed by atoms with E-state index < -0.39 is 0 Å². The molecule has 0 spiro atoms. The van der Waals surface area contributed by atoms with Crippen molar-refractivity contribution in [2.45, 2.75) is 38.5 Å². The molecule has 0 amide bonds. The topological polar surface area (TPSA) is 70.5 Å². The molecule has 128 valence electrons. The smallest absolute Gasteiger partial charge is 0.231 e. The first-order chi connectivity index (χ1) is 11.7. The zero-order valence-corrected chi connectivity index (χ0v) is 14.2. The van der Waals surface area contributed by atoms with E-state index in [0.717, 1.165) is 31.0 Å². The molecule has 8 heteroatoms. The van der Waals surface area contributed by atoms with E-state index in [2.05, 4.69) is 10.2 Å². The molecule has 1 aromatic heterocycles. The average Bonchev–Trinajstić information content (AvgIpc) is 3.30. The molecule has 1 fully saturated rings. The summed E-state index contributed by atoms with van der Waals surface area (Å²) >= 11 is 5.35. The highest BCUT2D eigenvalue weighted by atomic mass is 32.1. The Morgan fingerprint density at radius 2 is 2.29 bits per heavy atom. The van der Waals surface area contributed by atoms with E-state index in [1.165, 1.54) is 0 Å². The molecule has 1 N–H and O–H groups in total. The molecule has 7 nitrogen and oxygen atoms in total. The van der Waals surface area contributed by atoms with Crippen LogP contribution in [0.2, 0.25) is 0 Å². The van der Waals surface area contributed by atoms with E-state index in [4.69, 9.17) is 31.2 Å². The van der Waals surface area contributed by atoms with E-state index in [1.54, 1.807) is 0 Å². The van der Waals surface area contributed by atoms with Gasteiger partial charge >= 0.3 is 0 Å². The summed E-state index contributed by atoms with van der Waals surface area (Å²) in [6.45, 7) is 3.70. The van der Waals surface area contributed by atoms with Crippen LogP contribution < -0.4 is 14.2 Å². The van der Waals surface area contributed by atoms with Crippen molar-refractivity contribution in [3.63, 3.8) is 0 Å². The third-order valence-corrected chi connectivity index (χ3v) is 4.53. The highest BCUT2D eigenvalue weighted by molar-refractivity contribution is 7.71. The summed E-state index contributed by atoms with van der Waals surface area (Å²) in [7, 11) is 0. The van der Waals surface area contributed by atoms with Gasteiger partial charge in [-0.25, -0.2) is 0 Å². The van der Waals surface area contributed by atoms with Gasteiger partial charge in [0.15, 0.2) is 28.2 Å². The summed E-state index contributed by atoms with van der Waals surface area (Å²) in [6.07, 6.45) is 2.06. The Labute approximate surface area is 144 Å². The maximum Gasteiger partial charge on any atom is 0.231 e. The molecule has 0 aliphatic carbocycles. The minimum atomic E-state index is -0.264. The zero-order chi connectivity index (χ0) is 16.5. The molecule has 2 aliphatic rings. The third kappa shape index (κ3) is 2.99. The molecular formula is C16H19N3O4S. The van der Waals surface area contributed by atoms with E-state index in [9.17, 15) is 0 Å². The van der Waals surface area contributed by atoms with Gasteiger partial charge in [-0.3, -0.25) is 9.67 Å². The number of H-pyrrole nitrogens is 1. The lowest BCUT2D eigenvalue weighted by atomic mass is 10.2. The minimum absolute atomic E-state index is 0.186. The Morgan fingerprint density at radius 3 is 3.12 bits per heavy atom. The second-order valence-electron chi connectivity index (χ2n) is 5.91. The van der Waals surface area contributed by atoms with Crippen LogP contribution in [0.5, 0.6) is 17.2 Å². The van der Waals surface area contributed by atoms with Crippen LogP contribution in [0.15, 0.2) is 18.2 Å². The lowest BCUT2D eigenvalue weighted by Crippen LogP contribution is -2.19. The van der Waals surface area contributed by atoms with Crippen molar-refractivity contribution in [1.82, 2.24) is 14.8 Å². The Morgan fingerprint density at radius 1 is 1.42 bits per heavy atom. The molecule has 3 heterocycles. The van der Waals surface area contributed by atoms with Gasteiger partial charge in [-0.05, 0) is 44.1 Å². The number of ether oxygens (including phenoxy) is 4. The second-order valence-corrected chi connectivity index (χ2v) is 6.29. The third-order valence-electron chi connectivity index (χ3n) is 4.22. The lowest BCUT2D eigenvalue weighted by Gasteiger charge is -2.17. The van der Waals surface area contributed by atoms with Crippen LogP contribution in [0.1, 0.15) is 31.7 Å². The molecule has 1 aromatic carbocycles. The molecule has 2 unspecified atom stereocenters. The van der Waals surface area contributed by atoms with Crippen molar-refractivity contribution in [3.8, 4) is 17.2 Å². The lowest BCUT2D eigenvalue weighted by molar-refractivity contribution is 0.0935. The van der Waals surface area contributed by atoms with Gasteiger partial charge < -0.3 is 18.9 Å². The van der Waals surface area contributed by atoms with Crippen molar-refractivity contribution in [2.75, 3.05) is 13.4 Å². The van der Waals surface area contributed by atoms with E-state index in [1.807, 2.05) is 29.7 Å². The van der Waals surface area contributed by atoms with E-state index in [-0.39, 0.29) is 19.0 Å². The van der Waals surface area contributed by atoms with Crippen LogP contribution >= 0.6 is 12.2 Å². The number of fused-ring (bicyclic) bond motifs is 1. The number of benzene rings is 1. The number of aromatic nitrogens is 3. The number of aromatic amines is 1. The first kappa shape index (κ1) is 15.5. The van der Waals surface area contributed by atoms with Gasteiger partial charge in [-0.2, -0.15) is 5.10 Å². The van der Waals surface area contributed by atoms with Crippen LogP contribution in [-0.4, -0.2) is 34.3 Å². The van der Waals surface area contributed by atoms with Gasteiger partial charge in [-0.1, -0.05) is 0 Å². The van der Waals surface area contributed by atoms with Gasteiger partial charge in [0.2, 0.25) is 6.79 Å². The summed E-state index contributed by atoms with van der Waals surface area (Å²) in [5.74, 6) is 2.88. The summed E-state index contributed by atoms with van der Waals surface area (Å²) in [4.78, 5) is 0. The van der Waals surface area contributed by atoms with Gasteiger partial charge in [0.1, 0.15) is 5.75 Å². The second kappa shape index (κ2) is 6.45. The summed E-state index contributed by atoms with van der Waals surface area (Å²) in [6, 6.07) is 5.52. The highest BCUT2D eigenvalue weighted by Gasteiger charge is 2.22. The molecule has 2 atom stereocenters. The van der Waals surface area contributed by atoms with Crippen molar-refractivity contribution in [3.05, 3.63) is 28.8 Å². The van der Waals surface area contributed by atoms with Crippen molar-refractivity contribution >= 4 is 12.2 Å². The fourth-order valence-electron chi connectivity index (χ4n) is 3.02. The van der Waals surface area contributed by atoms with Crippen LogP contribution in [0.3, 0.4) is 0 Å². The Kier molecular flexibility index (Phi) is 4.15. The Bertz CT molecular complexity index is 782. The van der Waals surface area contributed by atoms with Crippen molar-refractivity contribution in [1.29, 1.82) is 0 Å². The molecule has 0 radical (unpaired) electrons. The Balaban J connectivity index is 1.52. The minimum Gasteiger partial charge on any atom is -0.483 e. The maximum absolute atomic E-state index is 6.02. The predicted octanol–water partition coefficient (Wildman–Crippen LogP) is 2.99. The number of nitrogens with one attached hydrogen (secondary N) is 1. The fraction of sp³-hybridized carbons (Fsp3) is 0.500. The van der Waals surface area contributed by atoms with Gasteiger partial charge in [0.05, 0.1) is 12.6 Å². The standard InChI is InChI=1S/C16H19N3O4S/c1-10(23-11-4-5-13-14(7-11)22-9-21-13)15-17-18-16(24)19(15)8-12-3-2-6-20-12/h4-5,7,10,12H,2-3,6,8-9H2,1H3,(H,18,24). The quantitative estimate of drug-likeness (QED) is 0.837. The van der Waals surface area contributed by atoms with Crippen LogP contribution in [0.25, 0.3) is 0 Å². The van der Waals surface area contributed by atoms with Crippen molar-refractivity contribution in [2.24, 2.45) is 0 Å². The number of nitrogens with zero attached hydrogens (tertiary/aromatic N) is 2. The molecule has 0 saturated carbocycles.